The molecule has 4 aromatic rings. The highest BCUT2D eigenvalue weighted by atomic mass is 35.5. The number of rotatable bonds is 7. The zero-order valence-electron chi connectivity index (χ0n) is 15.5. The van der Waals surface area contributed by atoms with E-state index in [1.165, 1.54) is 11.3 Å². The van der Waals surface area contributed by atoms with Gasteiger partial charge in [0.2, 0.25) is 5.13 Å². The number of ether oxygens (including phenoxy) is 1. The van der Waals surface area contributed by atoms with Crippen LogP contribution in [0.4, 0.5) is 5.13 Å². The third-order valence-electron chi connectivity index (χ3n) is 4.12. The van der Waals surface area contributed by atoms with E-state index in [-0.39, 0.29) is 0 Å². The molecule has 1 aromatic heterocycles. The third-order valence-corrected chi connectivity index (χ3v) is 5.10. The summed E-state index contributed by atoms with van der Waals surface area (Å²) < 4.78 is 5.79. The number of aromatic nitrogens is 1. The fourth-order valence-corrected chi connectivity index (χ4v) is 3.55. The number of nitrogens with zero attached hydrogens (tertiary/aromatic N) is 2. The lowest BCUT2D eigenvalue weighted by atomic mass is 10.2. The standard InChI is InChI=1S/C23H18ClN3OS/c24-20-8-4-5-18(13-20)15-28-21-11-9-17(10-12-21)14-25-27-23-26-22(16-29-23)19-6-2-1-3-7-19/h1-14,16H,15H2,(H,26,27). The average molecular weight is 420 g/mol. The molecule has 0 spiro atoms. The Morgan fingerprint density at radius 3 is 2.62 bits per heavy atom. The third kappa shape index (κ3) is 5.44. The maximum Gasteiger partial charge on any atom is 0.203 e. The minimum absolute atomic E-state index is 0.476. The molecule has 0 bridgehead atoms. The van der Waals surface area contributed by atoms with E-state index in [0.717, 1.165) is 33.3 Å². The summed E-state index contributed by atoms with van der Waals surface area (Å²) in [6.07, 6.45) is 1.75. The molecular formula is C23H18ClN3OS. The molecule has 4 nitrogen and oxygen atoms in total. The Kier molecular flexibility index (Phi) is 6.19. The van der Waals surface area contributed by atoms with E-state index < -0.39 is 0 Å². The van der Waals surface area contributed by atoms with Crippen LogP contribution in [0, 0.1) is 0 Å². The fraction of sp³-hybridized carbons (Fsp3) is 0.0435. The van der Waals surface area contributed by atoms with Crippen LogP contribution in [0.15, 0.2) is 89.3 Å². The van der Waals surface area contributed by atoms with Crippen molar-refractivity contribution in [2.45, 2.75) is 6.61 Å². The summed E-state index contributed by atoms with van der Waals surface area (Å²) in [6, 6.07) is 25.5. The fourth-order valence-electron chi connectivity index (χ4n) is 2.67. The molecule has 29 heavy (non-hydrogen) atoms. The Morgan fingerprint density at radius 2 is 1.83 bits per heavy atom. The Hall–Kier alpha value is -3.15. The number of hydrazone groups is 1. The number of halogens is 1. The van der Waals surface area contributed by atoms with Gasteiger partial charge in [-0.2, -0.15) is 5.10 Å². The first-order valence-corrected chi connectivity index (χ1v) is 10.3. The molecule has 4 rings (SSSR count). The first kappa shape index (κ1) is 19.2. The van der Waals surface area contributed by atoms with Crippen molar-refractivity contribution < 1.29 is 4.74 Å². The van der Waals surface area contributed by atoms with Crippen molar-refractivity contribution in [2.75, 3.05) is 5.43 Å². The van der Waals surface area contributed by atoms with Gasteiger partial charge in [0, 0.05) is 16.0 Å². The summed E-state index contributed by atoms with van der Waals surface area (Å²) >= 11 is 7.51. The van der Waals surface area contributed by atoms with Gasteiger partial charge in [-0.25, -0.2) is 4.98 Å². The van der Waals surface area contributed by atoms with Gasteiger partial charge in [0.25, 0.3) is 0 Å². The molecule has 0 radical (unpaired) electrons. The molecular weight excluding hydrogens is 402 g/mol. The second kappa shape index (κ2) is 9.37. The molecule has 0 saturated carbocycles. The minimum atomic E-state index is 0.476. The molecule has 0 saturated heterocycles. The lowest BCUT2D eigenvalue weighted by molar-refractivity contribution is 0.306. The van der Waals surface area contributed by atoms with Gasteiger partial charge in [-0.3, -0.25) is 5.43 Å². The van der Waals surface area contributed by atoms with E-state index in [1.54, 1.807) is 6.21 Å². The molecule has 1 N–H and O–H groups in total. The molecule has 1 heterocycles. The highest BCUT2D eigenvalue weighted by Gasteiger charge is 2.03. The van der Waals surface area contributed by atoms with Crippen LogP contribution in [0.3, 0.4) is 0 Å². The molecule has 0 aliphatic heterocycles. The molecule has 0 amide bonds. The SMILES string of the molecule is Clc1cccc(COc2ccc(C=NNc3nc(-c4ccccc4)cs3)cc2)c1. The van der Waals surface area contributed by atoms with Crippen LogP contribution >= 0.6 is 22.9 Å². The minimum Gasteiger partial charge on any atom is -0.489 e. The quantitative estimate of drug-likeness (QED) is 0.275. The van der Waals surface area contributed by atoms with E-state index in [0.29, 0.717) is 11.6 Å². The van der Waals surface area contributed by atoms with E-state index in [4.69, 9.17) is 16.3 Å². The summed E-state index contributed by atoms with van der Waals surface area (Å²) in [4.78, 5) is 4.55. The molecule has 144 valence electrons. The number of hydrogen-bond acceptors (Lipinski definition) is 5. The van der Waals surface area contributed by atoms with Crippen LogP contribution in [0.25, 0.3) is 11.3 Å². The summed E-state index contributed by atoms with van der Waals surface area (Å²) in [5.41, 5.74) is 7.01. The van der Waals surface area contributed by atoms with Crippen LogP contribution in [0.1, 0.15) is 11.1 Å². The van der Waals surface area contributed by atoms with Crippen molar-refractivity contribution in [3.63, 3.8) is 0 Å². The highest BCUT2D eigenvalue weighted by Crippen LogP contribution is 2.24. The predicted molar refractivity (Wildman–Crippen MR) is 121 cm³/mol. The van der Waals surface area contributed by atoms with Crippen LogP contribution in [-0.2, 0) is 6.61 Å². The van der Waals surface area contributed by atoms with Gasteiger partial charge in [0.15, 0.2) is 0 Å². The Labute approximate surface area is 178 Å². The van der Waals surface area contributed by atoms with Gasteiger partial charge in [0.1, 0.15) is 12.4 Å². The summed E-state index contributed by atoms with van der Waals surface area (Å²) in [6.45, 7) is 0.476. The lowest BCUT2D eigenvalue weighted by Crippen LogP contribution is -1.95. The zero-order chi connectivity index (χ0) is 19.9. The van der Waals surface area contributed by atoms with Gasteiger partial charge in [-0.1, -0.05) is 54.1 Å². The summed E-state index contributed by atoms with van der Waals surface area (Å²) in [5, 5.41) is 7.74. The van der Waals surface area contributed by atoms with Gasteiger partial charge < -0.3 is 4.74 Å². The van der Waals surface area contributed by atoms with Gasteiger partial charge in [0.05, 0.1) is 11.9 Å². The molecule has 6 heteroatoms. The van der Waals surface area contributed by atoms with Crippen molar-refractivity contribution in [3.8, 4) is 17.0 Å². The van der Waals surface area contributed by atoms with Crippen LogP contribution in [-0.4, -0.2) is 11.2 Å². The number of thiazole rings is 1. The van der Waals surface area contributed by atoms with Crippen molar-refractivity contribution in [3.05, 3.63) is 100 Å². The van der Waals surface area contributed by atoms with Crippen LogP contribution in [0.5, 0.6) is 5.75 Å². The molecule has 0 aliphatic carbocycles. The van der Waals surface area contributed by atoms with Crippen molar-refractivity contribution in [1.82, 2.24) is 4.98 Å². The van der Waals surface area contributed by atoms with E-state index in [9.17, 15) is 0 Å². The molecule has 0 aliphatic rings. The summed E-state index contributed by atoms with van der Waals surface area (Å²) in [7, 11) is 0. The van der Waals surface area contributed by atoms with Crippen molar-refractivity contribution in [1.29, 1.82) is 0 Å². The number of nitrogens with one attached hydrogen (secondary N) is 1. The summed E-state index contributed by atoms with van der Waals surface area (Å²) in [5.74, 6) is 0.794. The van der Waals surface area contributed by atoms with Crippen molar-refractivity contribution in [2.24, 2.45) is 5.10 Å². The second-order valence-electron chi connectivity index (χ2n) is 6.26. The monoisotopic (exact) mass is 419 g/mol. The predicted octanol–water partition coefficient (Wildman–Crippen LogP) is 6.49. The van der Waals surface area contributed by atoms with E-state index in [2.05, 4.69) is 15.5 Å². The maximum absolute atomic E-state index is 5.99. The van der Waals surface area contributed by atoms with Gasteiger partial charge in [-0.15, -0.1) is 11.3 Å². The maximum atomic E-state index is 5.99. The number of hydrogen-bond donors (Lipinski definition) is 1. The first-order valence-electron chi connectivity index (χ1n) is 9.03. The van der Waals surface area contributed by atoms with E-state index >= 15 is 0 Å². The largest absolute Gasteiger partial charge is 0.489 e. The number of anilines is 1. The van der Waals surface area contributed by atoms with Crippen molar-refractivity contribution >= 4 is 34.3 Å². The smallest absolute Gasteiger partial charge is 0.203 e. The van der Waals surface area contributed by atoms with E-state index in [1.807, 2.05) is 84.2 Å². The number of benzene rings is 3. The van der Waals surface area contributed by atoms with Crippen LogP contribution in [0.2, 0.25) is 5.02 Å². The first-order chi connectivity index (χ1) is 14.3. The van der Waals surface area contributed by atoms with Gasteiger partial charge in [-0.05, 0) is 47.5 Å². The van der Waals surface area contributed by atoms with Crippen LogP contribution < -0.4 is 10.2 Å². The second-order valence-corrected chi connectivity index (χ2v) is 7.56. The topological polar surface area (TPSA) is 46.5 Å². The Balaban J connectivity index is 1.31. The lowest BCUT2D eigenvalue weighted by Gasteiger charge is -2.06. The van der Waals surface area contributed by atoms with Gasteiger partial charge >= 0.3 is 0 Å². The Morgan fingerprint density at radius 1 is 1.00 bits per heavy atom. The molecule has 0 fully saturated rings. The average Bonchev–Trinajstić information content (AvgIpc) is 3.23. The normalized spacial score (nSPS) is 10.9. The zero-order valence-corrected chi connectivity index (χ0v) is 17.0. The molecule has 0 atom stereocenters. The molecule has 3 aromatic carbocycles. The Bertz CT molecular complexity index is 1090. The molecule has 0 unspecified atom stereocenters. The highest BCUT2D eigenvalue weighted by molar-refractivity contribution is 7.14.